The number of thioether (sulfide) groups is 1. The van der Waals surface area contributed by atoms with Gasteiger partial charge < -0.3 is 15.0 Å². The van der Waals surface area contributed by atoms with E-state index in [1.807, 2.05) is 6.26 Å². The van der Waals surface area contributed by atoms with Crippen LogP contribution in [0.15, 0.2) is 18.3 Å². The molecule has 1 heterocycles. The monoisotopic (exact) mass is 256 g/mol. The fourth-order valence-electron chi connectivity index (χ4n) is 1.90. The van der Waals surface area contributed by atoms with Crippen LogP contribution in [0.4, 0.5) is 0 Å². The van der Waals surface area contributed by atoms with Gasteiger partial charge in [-0.05, 0) is 31.7 Å². The first kappa shape index (κ1) is 14.6. The predicted molar refractivity (Wildman–Crippen MR) is 75.4 cm³/mol. The zero-order chi connectivity index (χ0) is 12.7. The second kappa shape index (κ2) is 7.80. The molecule has 0 aliphatic carbocycles. The number of nitrogens with zero attached hydrogens (tertiary/aromatic N) is 1. The zero-order valence-electron chi connectivity index (χ0n) is 11.0. The second-order valence-electron chi connectivity index (χ2n) is 4.32. The lowest BCUT2D eigenvalue weighted by atomic mass is 10.2. The van der Waals surface area contributed by atoms with Crippen LogP contribution >= 0.6 is 11.8 Å². The molecule has 0 radical (unpaired) electrons. The molecule has 0 amide bonds. The van der Waals surface area contributed by atoms with E-state index in [-0.39, 0.29) is 11.9 Å². The fourth-order valence-corrected chi connectivity index (χ4v) is 2.56. The summed E-state index contributed by atoms with van der Waals surface area (Å²) < 4.78 is 2.28. The molecule has 0 bridgehead atoms. The molecule has 2 atom stereocenters. The molecule has 0 saturated carbocycles. The van der Waals surface area contributed by atoms with Crippen LogP contribution in [0.2, 0.25) is 0 Å². The number of hydrogen-bond donors (Lipinski definition) is 2. The molecule has 1 rings (SSSR count). The lowest BCUT2D eigenvalue weighted by Gasteiger charge is -2.21. The topological polar surface area (TPSA) is 37.2 Å². The predicted octanol–water partition coefficient (Wildman–Crippen LogP) is 2.10. The average molecular weight is 256 g/mol. The summed E-state index contributed by atoms with van der Waals surface area (Å²) in [4.78, 5) is 0. The van der Waals surface area contributed by atoms with E-state index in [1.165, 1.54) is 5.69 Å². The Bertz CT molecular complexity index is 310. The Morgan fingerprint density at radius 3 is 2.88 bits per heavy atom. The summed E-state index contributed by atoms with van der Waals surface area (Å²) in [5.74, 6) is 0. The van der Waals surface area contributed by atoms with Gasteiger partial charge in [0.25, 0.3) is 0 Å². The molecule has 2 unspecified atom stereocenters. The Labute approximate surface area is 109 Å². The standard InChI is InChI=1S/C13H24N2OS/c1-4-7-15-8-5-6-12(15)9-14-11(2)13(10-16)17-3/h5-6,8,11,13-14,16H,4,7,9-10H2,1-3H3. The van der Waals surface area contributed by atoms with E-state index in [0.717, 1.165) is 19.5 Å². The number of hydrogen-bond acceptors (Lipinski definition) is 3. The van der Waals surface area contributed by atoms with Gasteiger partial charge in [-0.2, -0.15) is 11.8 Å². The quantitative estimate of drug-likeness (QED) is 0.748. The Kier molecular flexibility index (Phi) is 6.70. The summed E-state index contributed by atoms with van der Waals surface area (Å²) in [5, 5.41) is 13.0. The van der Waals surface area contributed by atoms with Gasteiger partial charge in [-0.1, -0.05) is 6.92 Å². The highest BCUT2D eigenvalue weighted by atomic mass is 32.2. The molecule has 4 heteroatoms. The number of aliphatic hydroxyl groups excluding tert-OH is 1. The second-order valence-corrected chi connectivity index (χ2v) is 5.40. The molecular formula is C13H24N2OS. The highest BCUT2D eigenvalue weighted by molar-refractivity contribution is 7.99. The molecule has 1 aromatic rings. The highest BCUT2D eigenvalue weighted by Gasteiger charge is 2.14. The van der Waals surface area contributed by atoms with Crippen molar-refractivity contribution in [2.45, 2.75) is 44.6 Å². The van der Waals surface area contributed by atoms with Crippen molar-refractivity contribution >= 4 is 11.8 Å². The molecular weight excluding hydrogens is 232 g/mol. The van der Waals surface area contributed by atoms with Crippen LogP contribution in [0.25, 0.3) is 0 Å². The maximum Gasteiger partial charge on any atom is 0.0564 e. The first-order chi connectivity index (χ1) is 8.22. The molecule has 98 valence electrons. The van der Waals surface area contributed by atoms with Crippen LogP contribution < -0.4 is 5.32 Å². The van der Waals surface area contributed by atoms with E-state index in [4.69, 9.17) is 0 Å². The molecule has 0 saturated heterocycles. The van der Waals surface area contributed by atoms with E-state index < -0.39 is 0 Å². The van der Waals surface area contributed by atoms with Crippen LogP contribution in [0.5, 0.6) is 0 Å². The molecule has 0 aliphatic heterocycles. The molecule has 17 heavy (non-hydrogen) atoms. The van der Waals surface area contributed by atoms with Crippen LogP contribution in [0.3, 0.4) is 0 Å². The maximum atomic E-state index is 9.23. The largest absolute Gasteiger partial charge is 0.395 e. The van der Waals surface area contributed by atoms with Gasteiger partial charge in [0.05, 0.1) is 6.61 Å². The number of aryl methyl sites for hydroxylation is 1. The van der Waals surface area contributed by atoms with E-state index in [0.29, 0.717) is 6.04 Å². The minimum atomic E-state index is 0.227. The summed E-state index contributed by atoms with van der Waals surface area (Å²) >= 11 is 1.71. The van der Waals surface area contributed by atoms with Crippen LogP contribution in [-0.2, 0) is 13.1 Å². The molecule has 0 fully saturated rings. The molecule has 0 aromatic carbocycles. The summed E-state index contributed by atoms with van der Waals surface area (Å²) in [6, 6.07) is 4.57. The third kappa shape index (κ3) is 4.37. The summed E-state index contributed by atoms with van der Waals surface area (Å²) in [5.41, 5.74) is 1.32. The maximum absolute atomic E-state index is 9.23. The SMILES string of the molecule is CCCn1cccc1CNC(C)C(CO)SC. The van der Waals surface area contributed by atoms with Crippen molar-refractivity contribution in [3.05, 3.63) is 24.0 Å². The molecule has 1 aromatic heterocycles. The van der Waals surface area contributed by atoms with E-state index >= 15 is 0 Å². The van der Waals surface area contributed by atoms with Gasteiger partial charge in [0.1, 0.15) is 0 Å². The van der Waals surface area contributed by atoms with Gasteiger partial charge >= 0.3 is 0 Å². The molecule has 2 N–H and O–H groups in total. The van der Waals surface area contributed by atoms with Gasteiger partial charge in [0.15, 0.2) is 0 Å². The lowest BCUT2D eigenvalue weighted by Crippen LogP contribution is -2.37. The Morgan fingerprint density at radius 1 is 1.53 bits per heavy atom. The van der Waals surface area contributed by atoms with Gasteiger partial charge in [-0.15, -0.1) is 0 Å². The average Bonchev–Trinajstić information content (AvgIpc) is 2.76. The smallest absolute Gasteiger partial charge is 0.0564 e. The van der Waals surface area contributed by atoms with Crippen molar-refractivity contribution < 1.29 is 5.11 Å². The van der Waals surface area contributed by atoms with E-state index in [1.54, 1.807) is 11.8 Å². The van der Waals surface area contributed by atoms with Crippen LogP contribution in [-0.4, -0.2) is 33.8 Å². The number of aliphatic hydroxyl groups is 1. The minimum absolute atomic E-state index is 0.227. The van der Waals surface area contributed by atoms with Crippen molar-refractivity contribution in [3.63, 3.8) is 0 Å². The van der Waals surface area contributed by atoms with Crippen molar-refractivity contribution in [2.24, 2.45) is 0 Å². The van der Waals surface area contributed by atoms with E-state index in [2.05, 4.69) is 42.1 Å². The Balaban J connectivity index is 2.46. The molecule has 0 spiro atoms. The van der Waals surface area contributed by atoms with Gasteiger partial charge in [-0.25, -0.2) is 0 Å². The van der Waals surface area contributed by atoms with Crippen molar-refractivity contribution in [1.29, 1.82) is 0 Å². The normalized spacial score (nSPS) is 14.8. The Hall–Kier alpha value is -0.450. The summed E-state index contributed by atoms with van der Waals surface area (Å²) in [6.45, 7) is 6.49. The van der Waals surface area contributed by atoms with Crippen LogP contribution in [0, 0.1) is 0 Å². The lowest BCUT2D eigenvalue weighted by molar-refractivity contribution is 0.275. The van der Waals surface area contributed by atoms with Gasteiger partial charge in [0, 0.05) is 36.3 Å². The fraction of sp³-hybridized carbons (Fsp3) is 0.692. The van der Waals surface area contributed by atoms with Gasteiger partial charge in [-0.3, -0.25) is 0 Å². The van der Waals surface area contributed by atoms with Crippen LogP contribution in [0.1, 0.15) is 26.0 Å². The highest BCUT2D eigenvalue weighted by Crippen LogP contribution is 2.11. The van der Waals surface area contributed by atoms with Crippen molar-refractivity contribution in [2.75, 3.05) is 12.9 Å². The number of rotatable bonds is 8. The third-order valence-corrected chi connectivity index (χ3v) is 4.20. The van der Waals surface area contributed by atoms with Crippen molar-refractivity contribution in [3.8, 4) is 0 Å². The van der Waals surface area contributed by atoms with Crippen molar-refractivity contribution in [1.82, 2.24) is 9.88 Å². The zero-order valence-corrected chi connectivity index (χ0v) is 11.8. The van der Waals surface area contributed by atoms with E-state index in [9.17, 15) is 5.11 Å². The third-order valence-electron chi connectivity index (χ3n) is 3.03. The Morgan fingerprint density at radius 2 is 2.29 bits per heavy atom. The number of aromatic nitrogens is 1. The molecule has 0 aliphatic rings. The number of nitrogens with one attached hydrogen (secondary N) is 1. The minimum Gasteiger partial charge on any atom is -0.395 e. The summed E-state index contributed by atoms with van der Waals surface area (Å²) in [6.07, 6.45) is 5.32. The molecule has 3 nitrogen and oxygen atoms in total. The first-order valence-corrected chi connectivity index (χ1v) is 7.52. The first-order valence-electron chi connectivity index (χ1n) is 6.24. The van der Waals surface area contributed by atoms with Gasteiger partial charge in [0.2, 0.25) is 0 Å². The summed E-state index contributed by atoms with van der Waals surface area (Å²) in [7, 11) is 0.